The van der Waals surface area contributed by atoms with Crippen molar-refractivity contribution in [3.63, 3.8) is 0 Å². The van der Waals surface area contributed by atoms with Crippen molar-refractivity contribution < 1.29 is 4.79 Å². The molecule has 1 nitrogen and oxygen atoms in total. The summed E-state index contributed by atoms with van der Waals surface area (Å²) in [5.41, 5.74) is 0. The maximum absolute atomic E-state index is 11.8. The first-order valence-corrected chi connectivity index (χ1v) is 6.91. The number of unbranched alkanes of at least 4 members (excludes halogenated alkanes) is 1. The lowest BCUT2D eigenvalue weighted by Crippen LogP contribution is -2.21. The summed E-state index contributed by atoms with van der Waals surface area (Å²) in [4.78, 5) is 11.8. The summed E-state index contributed by atoms with van der Waals surface area (Å²) in [7, 11) is 0. The topological polar surface area (TPSA) is 17.1 Å². The van der Waals surface area contributed by atoms with Gasteiger partial charge in [0.1, 0.15) is 5.78 Å². The first-order valence-electron chi connectivity index (χ1n) is 6.91. The molecule has 0 bridgehead atoms. The minimum Gasteiger partial charge on any atom is -0.299 e. The maximum Gasteiger partial charge on any atom is 0.136 e. The second-order valence-corrected chi connectivity index (χ2v) is 5.15. The lowest BCUT2D eigenvalue weighted by Gasteiger charge is -2.27. The van der Waals surface area contributed by atoms with E-state index >= 15 is 0 Å². The maximum atomic E-state index is 11.8. The van der Waals surface area contributed by atoms with E-state index in [0.717, 1.165) is 25.2 Å². The summed E-state index contributed by atoms with van der Waals surface area (Å²) >= 11 is 0. The van der Waals surface area contributed by atoms with Crippen molar-refractivity contribution in [2.45, 2.75) is 64.7 Å². The quantitative estimate of drug-likeness (QED) is 0.579. The number of rotatable bonds is 7. The van der Waals surface area contributed by atoms with Gasteiger partial charge in [-0.3, -0.25) is 4.79 Å². The molecule has 16 heavy (non-hydrogen) atoms. The molecule has 1 aliphatic rings. The van der Waals surface area contributed by atoms with Gasteiger partial charge in [0, 0.05) is 12.3 Å². The highest BCUT2D eigenvalue weighted by Crippen LogP contribution is 2.32. The van der Waals surface area contributed by atoms with Crippen molar-refractivity contribution in [2.24, 2.45) is 11.8 Å². The second kappa shape index (κ2) is 7.65. The van der Waals surface area contributed by atoms with E-state index in [2.05, 4.69) is 13.5 Å². The van der Waals surface area contributed by atoms with Crippen molar-refractivity contribution >= 4 is 5.78 Å². The van der Waals surface area contributed by atoms with Crippen molar-refractivity contribution in [2.75, 3.05) is 0 Å². The van der Waals surface area contributed by atoms with Gasteiger partial charge < -0.3 is 0 Å². The molecular weight excluding hydrogens is 196 g/mol. The zero-order valence-electron chi connectivity index (χ0n) is 10.7. The van der Waals surface area contributed by atoms with Crippen LogP contribution in [0, 0.1) is 11.8 Å². The molecule has 0 aromatic rings. The van der Waals surface area contributed by atoms with Gasteiger partial charge in [-0.25, -0.2) is 0 Å². The Hall–Kier alpha value is -0.590. The normalized spacial score (nSPS) is 25.3. The molecule has 0 saturated heterocycles. The molecule has 0 unspecified atom stereocenters. The van der Waals surface area contributed by atoms with E-state index in [-0.39, 0.29) is 0 Å². The van der Waals surface area contributed by atoms with Crippen LogP contribution in [-0.2, 0) is 4.79 Å². The number of hydrogen-bond acceptors (Lipinski definition) is 1. The van der Waals surface area contributed by atoms with Gasteiger partial charge in [-0.05, 0) is 38.0 Å². The molecule has 1 saturated carbocycles. The van der Waals surface area contributed by atoms with Gasteiger partial charge in [0.2, 0.25) is 0 Å². The van der Waals surface area contributed by atoms with Gasteiger partial charge in [0.05, 0.1) is 0 Å². The van der Waals surface area contributed by atoms with E-state index in [4.69, 9.17) is 0 Å². The average Bonchev–Trinajstić information content (AvgIpc) is 2.34. The molecule has 0 aromatic carbocycles. The molecule has 0 radical (unpaired) electrons. The molecule has 0 aliphatic heterocycles. The van der Waals surface area contributed by atoms with Crippen LogP contribution in [0.4, 0.5) is 0 Å². The molecule has 1 heteroatoms. The van der Waals surface area contributed by atoms with E-state index < -0.39 is 0 Å². The molecule has 1 rings (SSSR count). The standard InChI is InChI=1S/C15H26O/c1-3-5-7-13-9-11-14(12-10-13)15(16)8-6-4-2/h4,13-14H,2-3,5-12H2,1H3. The summed E-state index contributed by atoms with van der Waals surface area (Å²) in [6.45, 7) is 5.93. The number of carbonyl (C=O) groups excluding carboxylic acids is 1. The third-order valence-electron chi connectivity index (χ3n) is 3.86. The van der Waals surface area contributed by atoms with Gasteiger partial charge >= 0.3 is 0 Å². The third-order valence-corrected chi connectivity index (χ3v) is 3.86. The predicted octanol–water partition coefficient (Wildman–Crippen LogP) is 4.52. The zero-order valence-corrected chi connectivity index (χ0v) is 10.7. The molecule has 1 fully saturated rings. The van der Waals surface area contributed by atoms with Gasteiger partial charge in [-0.2, -0.15) is 0 Å². The minimum absolute atomic E-state index is 0.373. The van der Waals surface area contributed by atoms with Crippen molar-refractivity contribution in [3.8, 4) is 0 Å². The minimum atomic E-state index is 0.373. The van der Waals surface area contributed by atoms with E-state index in [1.54, 1.807) is 0 Å². The second-order valence-electron chi connectivity index (χ2n) is 5.15. The van der Waals surface area contributed by atoms with Crippen LogP contribution in [0.5, 0.6) is 0 Å². The highest BCUT2D eigenvalue weighted by molar-refractivity contribution is 5.81. The lowest BCUT2D eigenvalue weighted by molar-refractivity contribution is -0.124. The molecule has 0 spiro atoms. The van der Waals surface area contributed by atoms with Crippen LogP contribution in [-0.4, -0.2) is 5.78 Å². The summed E-state index contributed by atoms with van der Waals surface area (Å²) in [6.07, 6.45) is 12.3. The van der Waals surface area contributed by atoms with E-state index in [1.807, 2.05) is 6.08 Å². The molecule has 0 amide bonds. The molecule has 0 heterocycles. The number of carbonyl (C=O) groups is 1. The SMILES string of the molecule is C=CCCC(=O)C1CCC(CCCC)CC1. The summed E-state index contributed by atoms with van der Waals surface area (Å²) in [6, 6.07) is 0. The van der Waals surface area contributed by atoms with Gasteiger partial charge in [-0.1, -0.05) is 32.3 Å². The largest absolute Gasteiger partial charge is 0.299 e. The monoisotopic (exact) mass is 222 g/mol. The van der Waals surface area contributed by atoms with Gasteiger partial charge in [0.15, 0.2) is 0 Å². The Morgan fingerprint density at radius 1 is 1.31 bits per heavy atom. The van der Waals surface area contributed by atoms with Crippen LogP contribution < -0.4 is 0 Å². The Labute approximate surface area is 100 Å². The Morgan fingerprint density at radius 2 is 2.00 bits per heavy atom. The van der Waals surface area contributed by atoms with Crippen LogP contribution in [0.25, 0.3) is 0 Å². The number of allylic oxidation sites excluding steroid dienone is 1. The van der Waals surface area contributed by atoms with Crippen molar-refractivity contribution in [1.82, 2.24) is 0 Å². The van der Waals surface area contributed by atoms with Crippen molar-refractivity contribution in [3.05, 3.63) is 12.7 Å². The van der Waals surface area contributed by atoms with Crippen LogP contribution in [0.15, 0.2) is 12.7 Å². The predicted molar refractivity (Wildman–Crippen MR) is 69.4 cm³/mol. The summed E-state index contributed by atoms with van der Waals surface area (Å²) in [5.74, 6) is 1.76. The molecular formula is C15H26O. The van der Waals surface area contributed by atoms with Crippen LogP contribution in [0.3, 0.4) is 0 Å². The molecule has 92 valence electrons. The van der Waals surface area contributed by atoms with E-state index in [9.17, 15) is 4.79 Å². The average molecular weight is 222 g/mol. The molecule has 0 aromatic heterocycles. The zero-order chi connectivity index (χ0) is 11.8. The van der Waals surface area contributed by atoms with Gasteiger partial charge in [-0.15, -0.1) is 6.58 Å². The van der Waals surface area contributed by atoms with Gasteiger partial charge in [0.25, 0.3) is 0 Å². The highest BCUT2D eigenvalue weighted by atomic mass is 16.1. The number of Topliss-reactive ketones (excluding diaryl/α,β-unsaturated/α-hetero) is 1. The Morgan fingerprint density at radius 3 is 2.56 bits per heavy atom. The molecule has 0 N–H and O–H groups in total. The summed E-state index contributed by atoms with van der Waals surface area (Å²) in [5, 5.41) is 0. The van der Waals surface area contributed by atoms with Crippen molar-refractivity contribution in [1.29, 1.82) is 0 Å². The van der Waals surface area contributed by atoms with Crippen LogP contribution in [0.1, 0.15) is 64.7 Å². The van der Waals surface area contributed by atoms with Crippen LogP contribution >= 0.6 is 0 Å². The Balaban J connectivity index is 2.20. The Bertz CT molecular complexity index is 211. The molecule has 1 aliphatic carbocycles. The fraction of sp³-hybridized carbons (Fsp3) is 0.800. The molecule has 0 atom stereocenters. The fourth-order valence-corrected chi connectivity index (χ4v) is 2.71. The number of ketones is 1. The highest BCUT2D eigenvalue weighted by Gasteiger charge is 2.24. The summed E-state index contributed by atoms with van der Waals surface area (Å²) < 4.78 is 0. The fourth-order valence-electron chi connectivity index (χ4n) is 2.71. The lowest BCUT2D eigenvalue weighted by atomic mass is 9.77. The van der Waals surface area contributed by atoms with E-state index in [0.29, 0.717) is 18.1 Å². The van der Waals surface area contributed by atoms with E-state index in [1.165, 1.54) is 32.1 Å². The number of hydrogen-bond donors (Lipinski definition) is 0. The Kier molecular flexibility index (Phi) is 6.44. The first-order chi connectivity index (χ1) is 7.77. The van der Waals surface area contributed by atoms with Crippen LogP contribution in [0.2, 0.25) is 0 Å². The third kappa shape index (κ3) is 4.51. The smallest absolute Gasteiger partial charge is 0.136 e. The first kappa shape index (κ1) is 13.5.